The Morgan fingerprint density at radius 1 is 1.29 bits per heavy atom. The van der Waals surface area contributed by atoms with Crippen LogP contribution in [0.3, 0.4) is 0 Å². The lowest BCUT2D eigenvalue weighted by Crippen LogP contribution is -2.29. The highest BCUT2D eigenvalue weighted by atomic mass is 19.1. The molecular formula is C16H17FN2O2. The maximum atomic E-state index is 13.2. The SMILES string of the molecule is CC(c1ccccc1O)N(C)C(=O)c1ccc(F)c(N)c1. The predicted molar refractivity (Wildman–Crippen MR) is 79.4 cm³/mol. The number of para-hydroxylation sites is 1. The summed E-state index contributed by atoms with van der Waals surface area (Å²) in [6, 6.07) is 10.4. The normalized spacial score (nSPS) is 12.0. The molecule has 0 aliphatic carbocycles. The molecule has 21 heavy (non-hydrogen) atoms. The van der Waals surface area contributed by atoms with Crippen LogP contribution in [-0.2, 0) is 0 Å². The summed E-state index contributed by atoms with van der Waals surface area (Å²) in [5.41, 5.74) is 6.37. The Morgan fingerprint density at radius 2 is 1.95 bits per heavy atom. The van der Waals surface area contributed by atoms with Crippen LogP contribution in [0.4, 0.5) is 10.1 Å². The summed E-state index contributed by atoms with van der Waals surface area (Å²) in [6.45, 7) is 1.81. The first-order chi connectivity index (χ1) is 9.91. The predicted octanol–water partition coefficient (Wildman–Crippen LogP) is 2.95. The van der Waals surface area contributed by atoms with Crippen molar-refractivity contribution in [1.29, 1.82) is 0 Å². The standard InChI is InChI=1S/C16H17FN2O2/c1-10(12-5-3-4-6-15(12)20)19(2)16(21)11-7-8-13(17)14(18)9-11/h3-10,20H,18H2,1-2H3. The van der Waals surface area contributed by atoms with E-state index >= 15 is 0 Å². The zero-order valence-corrected chi connectivity index (χ0v) is 11.9. The molecule has 0 bridgehead atoms. The summed E-state index contributed by atoms with van der Waals surface area (Å²) in [4.78, 5) is 13.9. The van der Waals surface area contributed by atoms with Crippen LogP contribution < -0.4 is 5.73 Å². The molecule has 1 atom stereocenters. The molecular weight excluding hydrogens is 271 g/mol. The van der Waals surface area contributed by atoms with E-state index in [1.165, 1.54) is 23.1 Å². The molecule has 0 aromatic heterocycles. The fraction of sp³-hybridized carbons (Fsp3) is 0.188. The smallest absolute Gasteiger partial charge is 0.254 e. The number of phenolic OH excluding ortho intramolecular Hbond substituents is 1. The third-order valence-corrected chi connectivity index (χ3v) is 3.53. The first kappa shape index (κ1) is 14.8. The van der Waals surface area contributed by atoms with Gasteiger partial charge in [0.25, 0.3) is 5.91 Å². The van der Waals surface area contributed by atoms with Gasteiger partial charge in [-0.3, -0.25) is 4.79 Å². The second kappa shape index (κ2) is 5.83. The summed E-state index contributed by atoms with van der Waals surface area (Å²) in [7, 11) is 1.62. The number of rotatable bonds is 3. The second-order valence-electron chi connectivity index (χ2n) is 4.89. The fourth-order valence-corrected chi connectivity index (χ4v) is 2.11. The maximum Gasteiger partial charge on any atom is 0.254 e. The molecule has 3 N–H and O–H groups in total. The Kier molecular flexibility index (Phi) is 4.12. The summed E-state index contributed by atoms with van der Waals surface area (Å²) < 4.78 is 13.2. The highest BCUT2D eigenvalue weighted by molar-refractivity contribution is 5.95. The molecule has 1 amide bonds. The molecule has 0 fully saturated rings. The number of anilines is 1. The fourth-order valence-electron chi connectivity index (χ4n) is 2.11. The van der Waals surface area contributed by atoms with Crippen LogP contribution in [0, 0.1) is 5.82 Å². The van der Waals surface area contributed by atoms with E-state index in [0.29, 0.717) is 11.1 Å². The number of nitrogen functional groups attached to an aromatic ring is 1. The molecule has 0 heterocycles. The highest BCUT2D eigenvalue weighted by Crippen LogP contribution is 2.28. The molecule has 0 radical (unpaired) electrons. The van der Waals surface area contributed by atoms with Crippen molar-refractivity contribution in [2.75, 3.05) is 12.8 Å². The minimum Gasteiger partial charge on any atom is -0.508 e. The summed E-state index contributed by atoms with van der Waals surface area (Å²) >= 11 is 0. The number of benzene rings is 2. The van der Waals surface area contributed by atoms with E-state index in [-0.39, 0.29) is 23.4 Å². The molecule has 0 aliphatic rings. The van der Waals surface area contributed by atoms with Gasteiger partial charge in [-0.25, -0.2) is 4.39 Å². The van der Waals surface area contributed by atoms with Crippen molar-refractivity contribution < 1.29 is 14.3 Å². The van der Waals surface area contributed by atoms with Crippen molar-refractivity contribution in [3.8, 4) is 5.75 Å². The van der Waals surface area contributed by atoms with Crippen molar-refractivity contribution in [1.82, 2.24) is 4.90 Å². The van der Waals surface area contributed by atoms with Gasteiger partial charge in [-0.15, -0.1) is 0 Å². The van der Waals surface area contributed by atoms with E-state index in [0.717, 1.165) is 0 Å². The average Bonchev–Trinajstić information content (AvgIpc) is 2.48. The molecule has 2 aromatic rings. The van der Waals surface area contributed by atoms with Crippen LogP contribution in [-0.4, -0.2) is 23.0 Å². The molecule has 1 unspecified atom stereocenters. The van der Waals surface area contributed by atoms with Gasteiger partial charge in [0.2, 0.25) is 0 Å². The minimum absolute atomic E-state index is 0.0653. The van der Waals surface area contributed by atoms with E-state index in [4.69, 9.17) is 5.73 Å². The van der Waals surface area contributed by atoms with Crippen LogP contribution in [0.25, 0.3) is 0 Å². The van der Waals surface area contributed by atoms with Crippen LogP contribution in [0.5, 0.6) is 5.75 Å². The third kappa shape index (κ3) is 2.97. The van der Waals surface area contributed by atoms with Gasteiger partial charge in [-0.1, -0.05) is 18.2 Å². The average molecular weight is 288 g/mol. The molecule has 2 aromatic carbocycles. The monoisotopic (exact) mass is 288 g/mol. The van der Waals surface area contributed by atoms with Crippen molar-refractivity contribution in [3.63, 3.8) is 0 Å². The highest BCUT2D eigenvalue weighted by Gasteiger charge is 2.21. The number of hydrogen-bond acceptors (Lipinski definition) is 3. The molecule has 4 nitrogen and oxygen atoms in total. The molecule has 5 heteroatoms. The zero-order valence-electron chi connectivity index (χ0n) is 11.9. The molecule has 0 saturated heterocycles. The molecule has 2 rings (SSSR count). The summed E-state index contributed by atoms with van der Waals surface area (Å²) in [6.07, 6.45) is 0. The van der Waals surface area contributed by atoms with E-state index in [2.05, 4.69) is 0 Å². The number of carbonyl (C=O) groups is 1. The number of carbonyl (C=O) groups excluding carboxylic acids is 1. The zero-order chi connectivity index (χ0) is 15.6. The van der Waals surface area contributed by atoms with Crippen molar-refractivity contribution in [3.05, 3.63) is 59.4 Å². The number of hydrogen-bond donors (Lipinski definition) is 2. The van der Waals surface area contributed by atoms with Crippen molar-refractivity contribution in [2.45, 2.75) is 13.0 Å². The Morgan fingerprint density at radius 3 is 2.57 bits per heavy atom. The number of phenols is 1. The number of nitrogens with zero attached hydrogens (tertiary/aromatic N) is 1. The van der Waals surface area contributed by atoms with Crippen LogP contribution in [0.2, 0.25) is 0 Å². The topological polar surface area (TPSA) is 66.6 Å². The third-order valence-electron chi connectivity index (χ3n) is 3.53. The summed E-state index contributed by atoms with van der Waals surface area (Å²) in [5.74, 6) is -0.719. The Bertz CT molecular complexity index is 673. The van der Waals surface area contributed by atoms with E-state index < -0.39 is 5.82 Å². The van der Waals surface area contributed by atoms with E-state index in [9.17, 15) is 14.3 Å². The van der Waals surface area contributed by atoms with Gasteiger partial charge >= 0.3 is 0 Å². The number of nitrogens with two attached hydrogens (primary N) is 1. The lowest BCUT2D eigenvalue weighted by atomic mass is 10.0. The number of amides is 1. The van der Waals surface area contributed by atoms with Gasteiger partial charge in [-0.05, 0) is 31.2 Å². The van der Waals surface area contributed by atoms with E-state index in [1.54, 1.807) is 38.2 Å². The number of aromatic hydroxyl groups is 1. The van der Waals surface area contributed by atoms with Gasteiger partial charge in [0.05, 0.1) is 11.7 Å². The van der Waals surface area contributed by atoms with Crippen LogP contribution in [0.1, 0.15) is 28.9 Å². The van der Waals surface area contributed by atoms with Crippen LogP contribution in [0.15, 0.2) is 42.5 Å². The Hall–Kier alpha value is -2.56. The lowest BCUT2D eigenvalue weighted by Gasteiger charge is -2.26. The van der Waals surface area contributed by atoms with Crippen molar-refractivity contribution in [2.24, 2.45) is 0 Å². The van der Waals surface area contributed by atoms with E-state index in [1.807, 2.05) is 0 Å². The molecule has 0 aliphatic heterocycles. The molecule has 0 spiro atoms. The first-order valence-corrected chi connectivity index (χ1v) is 6.52. The quantitative estimate of drug-likeness (QED) is 0.853. The van der Waals surface area contributed by atoms with Gasteiger partial charge in [0.15, 0.2) is 0 Å². The van der Waals surface area contributed by atoms with Gasteiger partial charge in [0.1, 0.15) is 11.6 Å². The van der Waals surface area contributed by atoms with Gasteiger partial charge < -0.3 is 15.7 Å². The largest absolute Gasteiger partial charge is 0.508 e. The van der Waals surface area contributed by atoms with Crippen molar-refractivity contribution >= 4 is 11.6 Å². The minimum atomic E-state index is -0.553. The summed E-state index contributed by atoms with van der Waals surface area (Å²) in [5, 5.41) is 9.86. The second-order valence-corrected chi connectivity index (χ2v) is 4.89. The number of halogens is 1. The molecule has 0 saturated carbocycles. The van der Waals surface area contributed by atoms with Gasteiger partial charge in [-0.2, -0.15) is 0 Å². The Labute approximate surface area is 122 Å². The lowest BCUT2D eigenvalue weighted by molar-refractivity contribution is 0.0741. The maximum absolute atomic E-state index is 13.2. The molecule has 110 valence electrons. The van der Waals surface area contributed by atoms with Gasteiger partial charge in [0, 0.05) is 18.2 Å². The first-order valence-electron chi connectivity index (χ1n) is 6.52. The van der Waals surface area contributed by atoms with Crippen LogP contribution >= 0.6 is 0 Å². The Balaban J connectivity index is 2.26.